The Bertz CT molecular complexity index is 2560. The van der Waals surface area contributed by atoms with E-state index in [0.29, 0.717) is 104 Å². The summed E-state index contributed by atoms with van der Waals surface area (Å²) in [5.41, 5.74) is 5.61. The second-order valence-corrected chi connectivity index (χ2v) is 28.0. The molecule has 0 radical (unpaired) electrons. The Hall–Kier alpha value is -3.93. The minimum atomic E-state index is -4.53. The summed E-state index contributed by atoms with van der Waals surface area (Å²) in [6.07, 6.45) is 23.5. The van der Waals surface area contributed by atoms with E-state index in [0.717, 1.165) is 102 Å². The fourth-order valence-electron chi connectivity index (χ4n) is 15.0. The van der Waals surface area contributed by atoms with Gasteiger partial charge in [0.05, 0.1) is 10.6 Å². The number of halogens is 4. The van der Waals surface area contributed by atoms with E-state index in [9.17, 15) is 13.2 Å². The average Bonchev–Trinajstić information content (AvgIpc) is 2.64. The van der Waals surface area contributed by atoms with Crippen LogP contribution in [0.1, 0.15) is 182 Å². The third-order valence-corrected chi connectivity index (χ3v) is 20.8. The van der Waals surface area contributed by atoms with Crippen molar-refractivity contribution in [3.05, 3.63) is 118 Å². The molecule has 3 heterocycles. The summed E-state index contributed by atoms with van der Waals surface area (Å²) in [6.45, 7) is 34.9. The van der Waals surface area contributed by atoms with Gasteiger partial charge < -0.3 is 51.3 Å². The van der Waals surface area contributed by atoms with Crippen molar-refractivity contribution in [2.24, 2.45) is 28.7 Å². The average molecular weight is 1250 g/mol. The number of nitrogens with one attached hydrogen (secondary N) is 6. The number of aliphatic imine (C=N–C) groups is 1. The summed E-state index contributed by atoms with van der Waals surface area (Å²) < 4.78 is 47.5. The lowest BCUT2D eigenvalue weighted by Gasteiger charge is -2.60. The molecule has 4 fully saturated rings. The fraction of sp³-hybridized carbons (Fsp3) is 0.708. The monoisotopic (exact) mass is 1240 g/mol. The number of hydrogen-bond acceptors (Lipinski definition) is 12. The molecule has 88 heavy (non-hydrogen) atoms. The molecule has 2 aromatic rings. The van der Waals surface area contributed by atoms with E-state index in [-0.39, 0.29) is 16.8 Å². The van der Waals surface area contributed by atoms with Gasteiger partial charge in [0.2, 0.25) is 0 Å². The van der Waals surface area contributed by atoms with E-state index in [2.05, 4.69) is 164 Å². The van der Waals surface area contributed by atoms with Crippen molar-refractivity contribution in [2.45, 2.75) is 246 Å². The standard InChI is InChI=1S/C72H117ClF3N11O/c1-14-52(7)67-44-82-66(40-50(4)5)55(10)80-45-68-54(9)57(12)87(68)70(60-22-17-18-23-60)56(11)83-71(34-19-20-35-71)49-77-46-69(88-16-3)79-36-33-61(31-29-59-30-32-64(65(73)42-59)72(74,75)76)78-37-39-84(13)47-63(41-58-27-25-51(6)26-28-58)85(15-2)48-62-24-21-38-86(62)53(8)43-81-67/h25-28,30,32-33,36-37,39,42,47-48,50,52-57,60,66-70,77,79-83H,14-24,29,31,34-35,38,40-41,43-46,49H2,1-13H3/t52-,53-,54+,55?,56?,57?,66-,67+,68?,69+,70+/m0/s1. The lowest BCUT2D eigenvalue weighted by molar-refractivity contribution is -0.137. The van der Waals surface area contributed by atoms with Crippen LogP contribution >= 0.6 is 11.6 Å². The Morgan fingerprint density at radius 2 is 1.56 bits per heavy atom. The molecule has 5 aliphatic rings. The molecule has 1 spiro atoms. The Morgan fingerprint density at radius 1 is 0.830 bits per heavy atom. The molecule has 16 heteroatoms. The van der Waals surface area contributed by atoms with Gasteiger partial charge in [-0.3, -0.25) is 9.89 Å². The van der Waals surface area contributed by atoms with Gasteiger partial charge in [0.15, 0.2) is 0 Å². The molecule has 11 atom stereocenters. The van der Waals surface area contributed by atoms with Crippen molar-refractivity contribution in [1.29, 1.82) is 0 Å². The maximum absolute atomic E-state index is 13.7. The molecule has 6 N–H and O–H groups in total. The van der Waals surface area contributed by atoms with Crippen LogP contribution < -0.4 is 31.9 Å². The number of nitrogens with zero attached hydrogens (tertiary/aromatic N) is 5. The first kappa shape index (κ1) is 71.5. The van der Waals surface area contributed by atoms with Crippen molar-refractivity contribution in [3.8, 4) is 0 Å². The highest BCUT2D eigenvalue weighted by Gasteiger charge is 2.51. The maximum atomic E-state index is 13.7. The summed E-state index contributed by atoms with van der Waals surface area (Å²) in [4.78, 5) is 15.1. The molecule has 494 valence electrons. The van der Waals surface area contributed by atoms with Crippen LogP contribution in [0, 0.1) is 30.6 Å². The topological polar surface area (TPSA) is 107 Å². The molecule has 0 aromatic heterocycles. The molecule has 2 aromatic carbocycles. The van der Waals surface area contributed by atoms with Crippen LogP contribution in [0.5, 0.6) is 0 Å². The minimum absolute atomic E-state index is 0.0165. The van der Waals surface area contributed by atoms with E-state index in [1.807, 2.05) is 38.6 Å². The third-order valence-electron chi connectivity index (χ3n) is 20.5. The van der Waals surface area contributed by atoms with Crippen LogP contribution in [0.15, 0.2) is 95.9 Å². The van der Waals surface area contributed by atoms with Crippen molar-refractivity contribution in [1.82, 2.24) is 51.5 Å². The third kappa shape index (κ3) is 20.5. The quantitative estimate of drug-likeness (QED) is 0.115. The molecular formula is C72H117ClF3N11O. The smallest absolute Gasteiger partial charge is 0.370 e. The number of hydrogen-bond donors (Lipinski definition) is 6. The Balaban J connectivity index is 1.21. The zero-order valence-corrected chi connectivity index (χ0v) is 57.2. The number of rotatable bonds is 13. The first-order chi connectivity index (χ1) is 42.1. The van der Waals surface area contributed by atoms with Gasteiger partial charge in [-0.15, -0.1) is 0 Å². The highest BCUT2D eigenvalue weighted by Crippen LogP contribution is 2.43. The number of aryl methyl sites for hydroxylation is 2. The largest absolute Gasteiger partial charge is 0.417 e. The summed E-state index contributed by atoms with van der Waals surface area (Å²) in [7, 11) is 2.04. The number of fused-ring (bicyclic) bond motifs is 2. The molecule has 2 saturated carbocycles. The van der Waals surface area contributed by atoms with Crippen LogP contribution in [-0.2, 0) is 23.8 Å². The van der Waals surface area contributed by atoms with E-state index < -0.39 is 11.7 Å². The fourth-order valence-corrected chi connectivity index (χ4v) is 15.3. The van der Waals surface area contributed by atoms with Crippen molar-refractivity contribution < 1.29 is 17.9 Å². The van der Waals surface area contributed by atoms with Crippen LogP contribution in [0.25, 0.3) is 0 Å². The highest BCUT2D eigenvalue weighted by atomic mass is 35.5. The van der Waals surface area contributed by atoms with Crippen LogP contribution in [-0.4, -0.2) is 145 Å². The molecule has 2 saturated heterocycles. The number of alkyl halides is 3. The molecule has 12 nitrogen and oxygen atoms in total. The number of allylic oxidation sites excluding steroid dienone is 3. The van der Waals surface area contributed by atoms with Gasteiger partial charge in [0.1, 0.15) is 6.23 Å². The van der Waals surface area contributed by atoms with Crippen molar-refractivity contribution in [2.75, 3.05) is 59.5 Å². The first-order valence-electron chi connectivity index (χ1n) is 34.4. The Kier molecular flexibility index (Phi) is 28.2. The maximum Gasteiger partial charge on any atom is 0.417 e. The summed E-state index contributed by atoms with van der Waals surface area (Å²) in [5.74, 6) is 2.38. The Morgan fingerprint density at radius 3 is 2.23 bits per heavy atom. The molecule has 4 unspecified atom stereocenters. The lowest BCUT2D eigenvalue weighted by atomic mass is 9.75. The van der Waals surface area contributed by atoms with Gasteiger partial charge in [0.25, 0.3) is 0 Å². The Labute approximate surface area is 536 Å². The van der Waals surface area contributed by atoms with Gasteiger partial charge in [0, 0.05) is 168 Å². The number of likely N-dealkylation sites (N-methyl/N-ethyl adjacent to an activating group) is 1. The molecular weight excluding hydrogens is 1130 g/mol. The highest BCUT2D eigenvalue weighted by molar-refractivity contribution is 6.31. The van der Waals surface area contributed by atoms with Crippen LogP contribution in [0.4, 0.5) is 13.2 Å². The second-order valence-electron chi connectivity index (χ2n) is 27.6. The summed E-state index contributed by atoms with van der Waals surface area (Å²) in [6, 6.07) is 16.0. The predicted molar refractivity (Wildman–Crippen MR) is 362 cm³/mol. The molecule has 0 amide bonds. The van der Waals surface area contributed by atoms with Gasteiger partial charge in [-0.05, 0) is 159 Å². The lowest BCUT2D eigenvalue weighted by Crippen LogP contribution is -2.73. The second kappa shape index (κ2) is 34.7. The van der Waals surface area contributed by atoms with Crippen LogP contribution in [0.3, 0.4) is 0 Å². The summed E-state index contributed by atoms with van der Waals surface area (Å²) in [5, 5.41) is 24.1. The zero-order chi connectivity index (χ0) is 63.5. The minimum Gasteiger partial charge on any atom is -0.370 e. The first-order valence-corrected chi connectivity index (χ1v) is 34.8. The van der Waals surface area contributed by atoms with Gasteiger partial charge in [-0.1, -0.05) is 114 Å². The molecule has 0 bridgehead atoms. The van der Waals surface area contributed by atoms with Gasteiger partial charge >= 0.3 is 6.18 Å². The normalized spacial score (nSPS) is 29.0. The number of ether oxygens (including phenoxy) is 1. The molecule has 7 rings (SSSR count). The van der Waals surface area contributed by atoms with Crippen molar-refractivity contribution in [3.63, 3.8) is 0 Å². The van der Waals surface area contributed by atoms with E-state index in [1.54, 1.807) is 0 Å². The van der Waals surface area contributed by atoms with E-state index in [4.69, 9.17) is 21.3 Å². The zero-order valence-electron chi connectivity index (χ0n) is 56.4. The number of benzene rings is 2. The van der Waals surface area contributed by atoms with Crippen LogP contribution in [0.2, 0.25) is 5.02 Å². The summed E-state index contributed by atoms with van der Waals surface area (Å²) >= 11 is 6.23. The van der Waals surface area contributed by atoms with Crippen molar-refractivity contribution >= 4 is 17.3 Å². The van der Waals surface area contributed by atoms with Gasteiger partial charge in [-0.25, -0.2) is 0 Å². The SMILES string of the molecule is CCO[C@@H]1CNCC2(CCCC2)NC(C)[C@H](C2CCCC2)N2C(C)[C@@H](C)C2CNC(C)[C@H](CC(C)C)NC[C@H]([C@@H](C)CC)NC[C@H](C)N2CCCC2=CN(CC)C(Cc2ccc(C)cc2)=CN(C)C=CN=C(CCc2ccc(C(F)(F)F)c(Cl)c2)C=CN1. The van der Waals surface area contributed by atoms with E-state index in [1.165, 1.54) is 67.5 Å². The predicted octanol–water partition coefficient (Wildman–Crippen LogP) is 13.8. The van der Waals surface area contributed by atoms with E-state index >= 15 is 0 Å². The molecule has 3 aliphatic heterocycles. The van der Waals surface area contributed by atoms with Gasteiger partial charge in [-0.2, -0.15) is 13.2 Å². The molecule has 2 aliphatic carbocycles.